The van der Waals surface area contributed by atoms with E-state index in [0.29, 0.717) is 22.4 Å². The van der Waals surface area contributed by atoms with E-state index in [1.807, 2.05) is 5.38 Å². The Balaban J connectivity index is 1.50. The lowest BCUT2D eigenvalue weighted by Gasteiger charge is -2.36. The predicted molar refractivity (Wildman–Crippen MR) is 96.3 cm³/mol. The zero-order valence-electron chi connectivity index (χ0n) is 13.8. The number of carbonyl (C=O) groups is 2. The first kappa shape index (κ1) is 16.3. The van der Waals surface area contributed by atoms with Crippen LogP contribution in [0.5, 0.6) is 0 Å². The van der Waals surface area contributed by atoms with Gasteiger partial charge in [0.2, 0.25) is 5.91 Å². The molecule has 1 saturated heterocycles. The van der Waals surface area contributed by atoms with Crippen molar-refractivity contribution < 1.29 is 9.59 Å². The van der Waals surface area contributed by atoms with Crippen molar-refractivity contribution in [2.75, 3.05) is 18.4 Å². The molecule has 8 heteroatoms. The molecule has 2 atom stereocenters. The Morgan fingerprint density at radius 3 is 3.08 bits per heavy atom. The van der Waals surface area contributed by atoms with Crippen molar-refractivity contribution in [3.05, 3.63) is 23.3 Å². The van der Waals surface area contributed by atoms with Crippen molar-refractivity contribution in [2.45, 2.75) is 25.7 Å². The summed E-state index contributed by atoms with van der Waals surface area (Å²) in [6, 6.07) is 1.67. The van der Waals surface area contributed by atoms with Gasteiger partial charge in [0.1, 0.15) is 5.69 Å². The molecule has 2 aliphatic rings. The largest absolute Gasteiger partial charge is 0.364 e. The molecule has 0 radical (unpaired) electrons. The first-order chi connectivity index (χ1) is 12.1. The van der Waals surface area contributed by atoms with Crippen LogP contribution in [0, 0.1) is 11.3 Å². The zero-order valence-corrected chi connectivity index (χ0v) is 14.6. The van der Waals surface area contributed by atoms with Gasteiger partial charge in [-0.25, -0.2) is 4.98 Å². The Kier molecular flexibility index (Phi) is 4.09. The molecule has 25 heavy (non-hydrogen) atoms. The van der Waals surface area contributed by atoms with Gasteiger partial charge in [-0.15, -0.1) is 11.3 Å². The number of thiazole rings is 1. The number of H-pyrrole nitrogens is 1. The first-order valence-electron chi connectivity index (χ1n) is 8.55. The molecular formula is C17H21N5O2S. The Hall–Kier alpha value is -2.19. The molecule has 0 unspecified atom stereocenters. The standard InChI is InChI=1S/C17H21N5O2S/c18-14(23)12-5-10(6-20-12)13-8-25-16(21-13)22-15(24)17-4-2-1-3-11(17)7-19-9-17/h5-6,8,11,19-20H,1-4,7,9H2,(H2,18,23)(H,21,22,24)/t11-,17+/m0/s1. The number of hydrogen-bond donors (Lipinski definition) is 4. The molecule has 132 valence electrons. The second-order valence-electron chi connectivity index (χ2n) is 6.89. The molecule has 3 heterocycles. The van der Waals surface area contributed by atoms with Gasteiger partial charge in [0, 0.05) is 23.7 Å². The van der Waals surface area contributed by atoms with Crippen molar-refractivity contribution in [3.63, 3.8) is 0 Å². The molecule has 4 rings (SSSR count). The van der Waals surface area contributed by atoms with Crippen molar-refractivity contribution in [2.24, 2.45) is 17.1 Å². The minimum Gasteiger partial charge on any atom is -0.364 e. The molecule has 2 aromatic rings. The van der Waals surface area contributed by atoms with Gasteiger partial charge in [0.05, 0.1) is 11.1 Å². The van der Waals surface area contributed by atoms with Gasteiger partial charge in [0.15, 0.2) is 5.13 Å². The fraction of sp³-hybridized carbons (Fsp3) is 0.471. The van der Waals surface area contributed by atoms with Gasteiger partial charge in [-0.3, -0.25) is 9.59 Å². The van der Waals surface area contributed by atoms with Crippen LogP contribution in [0.4, 0.5) is 5.13 Å². The lowest BCUT2D eigenvalue weighted by molar-refractivity contribution is -0.128. The lowest BCUT2D eigenvalue weighted by Crippen LogP contribution is -2.44. The summed E-state index contributed by atoms with van der Waals surface area (Å²) < 4.78 is 0. The number of hydrogen-bond acceptors (Lipinski definition) is 5. The van der Waals surface area contributed by atoms with Crippen LogP contribution in [-0.4, -0.2) is 34.9 Å². The second-order valence-corrected chi connectivity index (χ2v) is 7.75. The van der Waals surface area contributed by atoms with E-state index in [2.05, 4.69) is 20.6 Å². The fourth-order valence-electron chi connectivity index (χ4n) is 4.06. The van der Waals surface area contributed by atoms with E-state index in [0.717, 1.165) is 37.9 Å². The summed E-state index contributed by atoms with van der Waals surface area (Å²) in [6.45, 7) is 1.68. The summed E-state index contributed by atoms with van der Waals surface area (Å²) in [6.07, 6.45) is 6.06. The van der Waals surface area contributed by atoms with Crippen LogP contribution in [0.15, 0.2) is 17.6 Å². The van der Waals surface area contributed by atoms with Crippen LogP contribution < -0.4 is 16.4 Å². The number of nitrogens with zero attached hydrogens (tertiary/aromatic N) is 1. The van der Waals surface area contributed by atoms with Crippen LogP contribution >= 0.6 is 11.3 Å². The first-order valence-corrected chi connectivity index (χ1v) is 9.43. The molecule has 1 saturated carbocycles. The summed E-state index contributed by atoms with van der Waals surface area (Å²) in [7, 11) is 0. The van der Waals surface area contributed by atoms with E-state index in [4.69, 9.17) is 5.73 Å². The number of primary amides is 1. The highest BCUT2D eigenvalue weighted by molar-refractivity contribution is 7.14. The monoisotopic (exact) mass is 359 g/mol. The van der Waals surface area contributed by atoms with Crippen LogP contribution in [0.2, 0.25) is 0 Å². The molecule has 0 aromatic carbocycles. The van der Waals surface area contributed by atoms with E-state index in [1.165, 1.54) is 17.8 Å². The van der Waals surface area contributed by atoms with Crippen molar-refractivity contribution in [3.8, 4) is 11.3 Å². The van der Waals surface area contributed by atoms with Crippen molar-refractivity contribution >= 4 is 28.3 Å². The number of aromatic amines is 1. The summed E-state index contributed by atoms with van der Waals surface area (Å²) in [5, 5.41) is 8.87. The van der Waals surface area contributed by atoms with E-state index < -0.39 is 5.91 Å². The minimum atomic E-state index is -0.508. The molecule has 2 aromatic heterocycles. The number of nitrogens with one attached hydrogen (secondary N) is 3. The van der Waals surface area contributed by atoms with E-state index in [9.17, 15) is 9.59 Å². The third-order valence-electron chi connectivity index (χ3n) is 5.46. The van der Waals surface area contributed by atoms with Crippen molar-refractivity contribution in [1.82, 2.24) is 15.3 Å². The number of amides is 2. The smallest absolute Gasteiger partial charge is 0.265 e. The number of carbonyl (C=O) groups excluding carboxylic acids is 2. The Morgan fingerprint density at radius 1 is 1.40 bits per heavy atom. The summed E-state index contributed by atoms with van der Waals surface area (Å²) in [5.74, 6) is -0.00958. The highest BCUT2D eigenvalue weighted by Gasteiger charge is 2.49. The minimum absolute atomic E-state index is 0.0787. The average molecular weight is 359 g/mol. The Labute approximate surface area is 149 Å². The van der Waals surface area contributed by atoms with Gasteiger partial charge in [-0.05, 0) is 31.4 Å². The molecule has 7 nitrogen and oxygen atoms in total. The molecule has 5 N–H and O–H groups in total. The van der Waals surface area contributed by atoms with Gasteiger partial charge in [-0.2, -0.15) is 0 Å². The van der Waals surface area contributed by atoms with Crippen LogP contribution in [-0.2, 0) is 4.79 Å². The summed E-state index contributed by atoms with van der Waals surface area (Å²) in [4.78, 5) is 31.5. The van der Waals surface area contributed by atoms with Gasteiger partial charge in [0.25, 0.3) is 5.91 Å². The quantitative estimate of drug-likeness (QED) is 0.668. The average Bonchev–Trinajstić information content (AvgIpc) is 3.33. The van der Waals surface area contributed by atoms with Gasteiger partial charge < -0.3 is 21.4 Å². The molecule has 2 fully saturated rings. The molecular weight excluding hydrogens is 338 g/mol. The van der Waals surface area contributed by atoms with Crippen LogP contribution in [0.1, 0.15) is 36.2 Å². The van der Waals surface area contributed by atoms with E-state index >= 15 is 0 Å². The Morgan fingerprint density at radius 2 is 2.28 bits per heavy atom. The highest BCUT2D eigenvalue weighted by atomic mass is 32.1. The summed E-state index contributed by atoms with van der Waals surface area (Å²) >= 11 is 1.39. The van der Waals surface area contributed by atoms with Crippen LogP contribution in [0.25, 0.3) is 11.3 Å². The number of rotatable bonds is 4. The SMILES string of the molecule is NC(=O)c1cc(-c2csc(NC(=O)[C@@]34CCCC[C@H]3CNC4)n2)c[nH]1. The Bertz CT molecular complexity index is 814. The summed E-state index contributed by atoms with van der Waals surface area (Å²) in [5.41, 5.74) is 6.80. The topological polar surface area (TPSA) is 113 Å². The lowest BCUT2D eigenvalue weighted by atomic mass is 9.68. The van der Waals surface area contributed by atoms with Gasteiger partial charge in [-0.1, -0.05) is 12.8 Å². The second kappa shape index (κ2) is 6.27. The van der Waals surface area contributed by atoms with Gasteiger partial charge >= 0.3 is 0 Å². The predicted octanol–water partition coefficient (Wildman–Crippen LogP) is 1.96. The van der Waals surface area contributed by atoms with E-state index in [-0.39, 0.29) is 11.3 Å². The van der Waals surface area contributed by atoms with Crippen LogP contribution in [0.3, 0.4) is 0 Å². The maximum Gasteiger partial charge on any atom is 0.265 e. The van der Waals surface area contributed by atoms with E-state index in [1.54, 1.807) is 12.3 Å². The normalized spacial score (nSPS) is 25.5. The maximum absolute atomic E-state index is 13.0. The fourth-order valence-corrected chi connectivity index (χ4v) is 4.77. The molecule has 2 amide bonds. The zero-order chi connectivity index (χ0) is 17.4. The number of anilines is 1. The third-order valence-corrected chi connectivity index (χ3v) is 6.22. The molecule has 1 aliphatic heterocycles. The number of aromatic nitrogens is 2. The molecule has 0 spiro atoms. The third kappa shape index (κ3) is 2.85. The van der Waals surface area contributed by atoms with Crippen molar-refractivity contribution in [1.29, 1.82) is 0 Å². The number of nitrogens with two attached hydrogens (primary N) is 1. The molecule has 1 aliphatic carbocycles. The maximum atomic E-state index is 13.0. The molecule has 0 bridgehead atoms. The highest BCUT2D eigenvalue weighted by Crippen LogP contribution is 2.44. The number of fused-ring (bicyclic) bond motifs is 1.